The fraction of sp³-hybridized carbons (Fsp3) is 0.258. The molecule has 1 aromatic heterocycles. The number of fused-ring (bicyclic) bond motifs is 3. The Bertz CT molecular complexity index is 1420. The van der Waals surface area contributed by atoms with Gasteiger partial charge >= 0.3 is 0 Å². The van der Waals surface area contributed by atoms with Crippen LogP contribution in [0.2, 0.25) is 0 Å². The number of nitrogens with one attached hydrogen (secondary N) is 4. The van der Waals surface area contributed by atoms with E-state index in [0.717, 1.165) is 25.1 Å². The van der Waals surface area contributed by atoms with Crippen LogP contribution in [0.4, 0.5) is 0 Å². The number of para-hydroxylation sites is 1. The Morgan fingerprint density at radius 3 is 2.58 bits per heavy atom. The molecule has 0 aliphatic carbocycles. The van der Waals surface area contributed by atoms with Gasteiger partial charge in [-0.15, -0.1) is 11.8 Å². The zero-order chi connectivity index (χ0) is 26.7. The molecule has 0 unspecified atom stereocenters. The number of aromatic amines is 1. The van der Waals surface area contributed by atoms with Crippen LogP contribution >= 0.6 is 11.8 Å². The molecule has 1 aliphatic rings. The summed E-state index contributed by atoms with van der Waals surface area (Å²) in [5.41, 5.74) is 8.80. The number of thioether (sulfide) groups is 1. The fourth-order valence-electron chi connectivity index (χ4n) is 4.64. The van der Waals surface area contributed by atoms with E-state index in [1.807, 2.05) is 43.1 Å². The van der Waals surface area contributed by atoms with Crippen molar-refractivity contribution in [2.75, 3.05) is 19.3 Å². The highest BCUT2D eigenvalue weighted by atomic mass is 32.2. The van der Waals surface area contributed by atoms with E-state index in [-0.39, 0.29) is 0 Å². The van der Waals surface area contributed by atoms with Gasteiger partial charge in [0.1, 0.15) is 0 Å². The normalized spacial score (nSPS) is 13.6. The van der Waals surface area contributed by atoms with E-state index in [1.54, 1.807) is 11.6 Å². The van der Waals surface area contributed by atoms with E-state index in [2.05, 4.69) is 65.0 Å². The van der Waals surface area contributed by atoms with Gasteiger partial charge in [-0.3, -0.25) is 10.0 Å². The molecule has 5 rings (SSSR count). The zero-order valence-electron chi connectivity index (χ0n) is 22.0. The molecule has 198 valence electrons. The Morgan fingerprint density at radius 1 is 1.05 bits per heavy atom. The number of amides is 1. The molecule has 0 saturated heterocycles. The van der Waals surface area contributed by atoms with Gasteiger partial charge in [0, 0.05) is 52.1 Å². The van der Waals surface area contributed by atoms with Gasteiger partial charge < -0.3 is 15.6 Å². The third-order valence-electron chi connectivity index (χ3n) is 6.65. The summed E-state index contributed by atoms with van der Waals surface area (Å²) in [6.45, 7) is 3.86. The van der Waals surface area contributed by atoms with Crippen molar-refractivity contribution in [2.45, 2.75) is 32.7 Å². The third-order valence-corrected chi connectivity index (χ3v) is 7.82. The van der Waals surface area contributed by atoms with E-state index < -0.39 is 5.91 Å². The van der Waals surface area contributed by atoms with Gasteiger partial charge in [-0.05, 0) is 73.4 Å². The maximum atomic E-state index is 11.0. The van der Waals surface area contributed by atoms with Gasteiger partial charge in [-0.2, -0.15) is 0 Å². The summed E-state index contributed by atoms with van der Waals surface area (Å²) in [6, 6.07) is 22.8. The highest BCUT2D eigenvalue weighted by molar-refractivity contribution is 8.03. The number of carbonyl (C=O) groups excluding carboxylic acids is 1. The zero-order valence-corrected chi connectivity index (χ0v) is 22.8. The van der Waals surface area contributed by atoms with Gasteiger partial charge in [0.25, 0.3) is 5.91 Å². The maximum Gasteiger partial charge on any atom is 0.267 e. The smallest absolute Gasteiger partial charge is 0.267 e. The molecule has 0 atom stereocenters. The first kappa shape index (κ1) is 27.5. The van der Waals surface area contributed by atoms with Crippen LogP contribution in [0.25, 0.3) is 27.9 Å². The lowest BCUT2D eigenvalue weighted by Crippen LogP contribution is -2.16. The monoisotopic (exact) mass is 528 g/mol. The van der Waals surface area contributed by atoms with Crippen LogP contribution in [0.5, 0.6) is 0 Å². The summed E-state index contributed by atoms with van der Waals surface area (Å²) in [5, 5.41) is 17.8. The van der Waals surface area contributed by atoms with Crippen molar-refractivity contribution in [3.05, 3.63) is 100 Å². The summed E-state index contributed by atoms with van der Waals surface area (Å²) in [5.74, 6) is 0.762. The van der Waals surface area contributed by atoms with Crippen molar-refractivity contribution in [3.63, 3.8) is 0 Å². The second-order valence-electron chi connectivity index (χ2n) is 9.22. The number of hydrogen-bond acceptors (Lipinski definition) is 5. The summed E-state index contributed by atoms with van der Waals surface area (Å²) in [4.78, 5) is 16.0. The lowest BCUT2D eigenvalue weighted by Gasteiger charge is -2.15. The van der Waals surface area contributed by atoms with Crippen molar-refractivity contribution >= 4 is 45.6 Å². The molecule has 1 aliphatic heterocycles. The summed E-state index contributed by atoms with van der Waals surface area (Å²) in [7, 11) is 2.00. The second-order valence-corrected chi connectivity index (χ2v) is 10.5. The van der Waals surface area contributed by atoms with Gasteiger partial charge in [0.05, 0.1) is 0 Å². The van der Waals surface area contributed by atoms with Crippen molar-refractivity contribution < 1.29 is 10.0 Å². The molecule has 7 heteroatoms. The predicted octanol–water partition coefficient (Wildman–Crippen LogP) is 6.14. The highest BCUT2D eigenvalue weighted by Crippen LogP contribution is 2.28. The average molecular weight is 529 g/mol. The topological polar surface area (TPSA) is 89.2 Å². The number of hydrogen-bond donors (Lipinski definition) is 5. The molecular formula is C31H36N4O2S. The predicted molar refractivity (Wildman–Crippen MR) is 160 cm³/mol. The summed E-state index contributed by atoms with van der Waals surface area (Å²) < 4.78 is 0. The lowest BCUT2D eigenvalue weighted by atomic mass is 10.0. The minimum absolute atomic E-state index is 0.541. The number of allylic oxidation sites excluding steroid dienone is 2. The van der Waals surface area contributed by atoms with Crippen LogP contribution in [0.1, 0.15) is 36.5 Å². The maximum absolute atomic E-state index is 11.0. The lowest BCUT2D eigenvalue weighted by molar-refractivity contribution is -0.124. The second kappa shape index (κ2) is 13.9. The number of benzene rings is 3. The number of rotatable bonds is 8. The van der Waals surface area contributed by atoms with Crippen molar-refractivity contribution in [3.8, 4) is 0 Å². The SMILES string of the molecule is CNC1=C(C)SCCC1.O=C(/C=C/c1ccc(CNCCc2cccc3[nH]c4ccccc4c23)cc1)NO. The Kier molecular flexibility index (Phi) is 10.0. The first-order chi connectivity index (χ1) is 18.6. The van der Waals surface area contributed by atoms with Gasteiger partial charge in [-0.25, -0.2) is 5.48 Å². The number of aromatic nitrogens is 1. The first-order valence-corrected chi connectivity index (χ1v) is 14.0. The Balaban J connectivity index is 0.000000317. The molecule has 0 saturated carbocycles. The molecule has 6 nitrogen and oxygen atoms in total. The van der Waals surface area contributed by atoms with Crippen LogP contribution in [0.15, 0.2) is 83.4 Å². The van der Waals surface area contributed by atoms with E-state index in [9.17, 15) is 4.79 Å². The quantitative estimate of drug-likeness (QED) is 0.0821. The van der Waals surface area contributed by atoms with Crippen LogP contribution < -0.4 is 16.1 Å². The van der Waals surface area contributed by atoms with Gasteiger partial charge in [0.15, 0.2) is 0 Å². The summed E-state index contributed by atoms with van der Waals surface area (Å²) >= 11 is 1.97. The van der Waals surface area contributed by atoms with Gasteiger partial charge in [0.2, 0.25) is 0 Å². The van der Waals surface area contributed by atoms with Crippen LogP contribution in [-0.4, -0.2) is 35.4 Å². The highest BCUT2D eigenvalue weighted by Gasteiger charge is 2.08. The Hall–Kier alpha value is -3.52. The van der Waals surface area contributed by atoms with Crippen LogP contribution in [0, 0.1) is 0 Å². The van der Waals surface area contributed by atoms with E-state index in [4.69, 9.17) is 5.21 Å². The van der Waals surface area contributed by atoms with Crippen molar-refractivity contribution in [1.82, 2.24) is 21.1 Å². The largest absolute Gasteiger partial charge is 0.391 e. The minimum atomic E-state index is -0.541. The molecule has 5 N–H and O–H groups in total. The van der Waals surface area contributed by atoms with E-state index in [0.29, 0.717) is 0 Å². The molecule has 4 aromatic rings. The molecular weight excluding hydrogens is 492 g/mol. The Morgan fingerprint density at radius 2 is 1.84 bits per heavy atom. The average Bonchev–Trinajstić information content (AvgIpc) is 3.35. The first-order valence-electron chi connectivity index (χ1n) is 13.0. The Labute approximate surface area is 228 Å². The van der Waals surface area contributed by atoms with Crippen LogP contribution in [-0.2, 0) is 17.8 Å². The third kappa shape index (κ3) is 7.28. The molecule has 1 amide bonds. The van der Waals surface area contributed by atoms with Gasteiger partial charge in [-0.1, -0.05) is 54.6 Å². The molecule has 0 fully saturated rings. The van der Waals surface area contributed by atoms with E-state index in [1.165, 1.54) is 68.2 Å². The molecule has 3 aromatic carbocycles. The molecule has 0 bridgehead atoms. The van der Waals surface area contributed by atoms with E-state index >= 15 is 0 Å². The minimum Gasteiger partial charge on any atom is -0.391 e. The molecule has 0 radical (unpaired) electrons. The molecule has 0 spiro atoms. The number of hydroxylamine groups is 1. The molecule has 2 heterocycles. The fourth-order valence-corrected chi connectivity index (χ4v) is 5.61. The standard InChI is InChI=1S/C24H23N3O2.C7H13NS/c28-23(27-29)13-12-17-8-10-18(11-9-17)16-25-15-14-19-4-3-7-22-24(19)20-5-1-2-6-21(20)26-22;1-6-7(8-2)4-3-5-9-6/h1-13,25-26,29H,14-16H2,(H,27,28);8H,3-5H2,1-2H3/b13-12+;. The molecule has 38 heavy (non-hydrogen) atoms. The number of H-pyrrole nitrogens is 1. The summed E-state index contributed by atoms with van der Waals surface area (Å²) in [6.07, 6.45) is 6.48. The van der Waals surface area contributed by atoms with Crippen molar-refractivity contribution in [2.24, 2.45) is 0 Å². The van der Waals surface area contributed by atoms with Crippen LogP contribution in [0.3, 0.4) is 0 Å². The van der Waals surface area contributed by atoms with Crippen molar-refractivity contribution in [1.29, 1.82) is 0 Å². The number of carbonyl (C=O) groups is 1.